The smallest absolute Gasteiger partial charge is 0.132 e. The van der Waals surface area contributed by atoms with Crippen LogP contribution < -0.4 is 0 Å². The summed E-state index contributed by atoms with van der Waals surface area (Å²) in [6.45, 7) is 1.74. The molecule has 0 atom stereocenters. The van der Waals surface area contributed by atoms with Crippen molar-refractivity contribution in [2.45, 2.75) is 38.3 Å². The van der Waals surface area contributed by atoms with Gasteiger partial charge in [-0.15, -0.1) is 0 Å². The van der Waals surface area contributed by atoms with Crippen LogP contribution in [-0.4, -0.2) is 4.98 Å². The first-order valence-corrected chi connectivity index (χ1v) is 4.83. The molecule has 0 aromatic carbocycles. The molecule has 70 valence electrons. The van der Waals surface area contributed by atoms with Gasteiger partial charge in [-0.25, -0.2) is 4.39 Å². The quantitative estimate of drug-likeness (QED) is 0.695. The number of rotatable bonds is 3. The average molecular weight is 179 g/mol. The highest BCUT2D eigenvalue weighted by Gasteiger charge is 2.43. The maximum absolute atomic E-state index is 12.6. The van der Waals surface area contributed by atoms with Crippen LogP contribution in [0.1, 0.15) is 37.4 Å². The van der Waals surface area contributed by atoms with Crippen molar-refractivity contribution in [2.24, 2.45) is 0 Å². The van der Waals surface area contributed by atoms with Gasteiger partial charge in [0.05, 0.1) is 5.69 Å². The number of aromatic nitrogens is 1. The van der Waals surface area contributed by atoms with Crippen molar-refractivity contribution in [3.05, 3.63) is 29.6 Å². The van der Waals surface area contributed by atoms with E-state index in [1.54, 1.807) is 6.20 Å². The van der Waals surface area contributed by atoms with E-state index in [0.29, 0.717) is 5.69 Å². The molecule has 1 aliphatic rings. The van der Waals surface area contributed by atoms with Gasteiger partial charge in [0, 0.05) is 6.20 Å². The van der Waals surface area contributed by atoms with E-state index in [1.807, 2.05) is 12.1 Å². The summed E-state index contributed by atoms with van der Waals surface area (Å²) in [5.41, 5.74) is 2.05. The van der Waals surface area contributed by atoms with Gasteiger partial charge in [-0.05, 0) is 36.3 Å². The molecule has 13 heavy (non-hydrogen) atoms. The SMILES string of the molecule is CCC1(c2cccnc2CF)CC1. The van der Waals surface area contributed by atoms with Gasteiger partial charge in [-0.1, -0.05) is 13.0 Å². The highest BCUT2D eigenvalue weighted by atomic mass is 19.1. The zero-order chi connectivity index (χ0) is 9.31. The molecule has 0 saturated heterocycles. The van der Waals surface area contributed by atoms with E-state index >= 15 is 0 Å². The summed E-state index contributed by atoms with van der Waals surface area (Å²) >= 11 is 0. The fraction of sp³-hybridized carbons (Fsp3) is 0.545. The predicted octanol–water partition coefficient (Wildman–Crippen LogP) is 2.99. The van der Waals surface area contributed by atoms with E-state index in [4.69, 9.17) is 0 Å². The van der Waals surface area contributed by atoms with Crippen LogP contribution in [0, 0.1) is 0 Å². The lowest BCUT2D eigenvalue weighted by Gasteiger charge is -2.14. The van der Waals surface area contributed by atoms with E-state index in [9.17, 15) is 4.39 Å². The minimum Gasteiger partial charge on any atom is -0.258 e. The molecule has 1 heterocycles. The molecular weight excluding hydrogens is 165 g/mol. The molecule has 1 saturated carbocycles. The van der Waals surface area contributed by atoms with Crippen LogP contribution >= 0.6 is 0 Å². The Balaban J connectivity index is 2.39. The van der Waals surface area contributed by atoms with E-state index in [1.165, 1.54) is 12.8 Å². The topological polar surface area (TPSA) is 12.9 Å². The summed E-state index contributed by atoms with van der Waals surface area (Å²) in [6, 6.07) is 3.93. The van der Waals surface area contributed by atoms with Crippen LogP contribution in [-0.2, 0) is 12.1 Å². The van der Waals surface area contributed by atoms with Gasteiger partial charge in [0.1, 0.15) is 6.67 Å². The Morgan fingerprint density at radius 2 is 2.31 bits per heavy atom. The molecule has 0 N–H and O–H groups in total. The van der Waals surface area contributed by atoms with Crippen molar-refractivity contribution in [2.75, 3.05) is 0 Å². The van der Waals surface area contributed by atoms with E-state index in [-0.39, 0.29) is 5.41 Å². The summed E-state index contributed by atoms with van der Waals surface area (Å²) in [5, 5.41) is 0. The first-order valence-electron chi connectivity index (χ1n) is 4.83. The average Bonchev–Trinajstić information content (AvgIpc) is 2.98. The second-order valence-corrected chi connectivity index (χ2v) is 3.77. The molecule has 0 radical (unpaired) electrons. The Kier molecular flexibility index (Phi) is 2.06. The second kappa shape index (κ2) is 3.09. The van der Waals surface area contributed by atoms with E-state index in [0.717, 1.165) is 12.0 Å². The van der Waals surface area contributed by atoms with Gasteiger partial charge < -0.3 is 0 Å². The van der Waals surface area contributed by atoms with Crippen molar-refractivity contribution >= 4 is 0 Å². The number of nitrogens with zero attached hydrogens (tertiary/aromatic N) is 1. The molecule has 1 aromatic rings. The zero-order valence-corrected chi connectivity index (χ0v) is 7.89. The van der Waals surface area contributed by atoms with Gasteiger partial charge in [0.15, 0.2) is 0 Å². The van der Waals surface area contributed by atoms with E-state index in [2.05, 4.69) is 11.9 Å². The molecule has 0 unspecified atom stereocenters. The molecule has 1 aliphatic carbocycles. The van der Waals surface area contributed by atoms with Crippen molar-refractivity contribution in [1.82, 2.24) is 4.98 Å². The largest absolute Gasteiger partial charge is 0.258 e. The molecule has 1 aromatic heterocycles. The van der Waals surface area contributed by atoms with Crippen LogP contribution in [0.4, 0.5) is 4.39 Å². The first-order chi connectivity index (χ1) is 6.32. The Hall–Kier alpha value is -0.920. The fourth-order valence-electron chi connectivity index (χ4n) is 1.99. The minimum absolute atomic E-state index is 0.273. The third-order valence-corrected chi connectivity index (χ3v) is 3.12. The number of alkyl halides is 1. The molecule has 1 nitrogen and oxygen atoms in total. The third-order valence-electron chi connectivity index (χ3n) is 3.12. The lowest BCUT2D eigenvalue weighted by atomic mass is 9.92. The number of hydrogen-bond donors (Lipinski definition) is 0. The Morgan fingerprint density at radius 3 is 2.85 bits per heavy atom. The van der Waals surface area contributed by atoms with Crippen LogP contribution in [0.2, 0.25) is 0 Å². The molecule has 0 aliphatic heterocycles. The van der Waals surface area contributed by atoms with Gasteiger partial charge in [0.25, 0.3) is 0 Å². The monoisotopic (exact) mass is 179 g/mol. The molecule has 2 heteroatoms. The van der Waals surface area contributed by atoms with Gasteiger partial charge >= 0.3 is 0 Å². The zero-order valence-electron chi connectivity index (χ0n) is 7.89. The molecular formula is C11H14FN. The molecule has 2 rings (SSSR count). The van der Waals surface area contributed by atoms with Crippen molar-refractivity contribution in [3.63, 3.8) is 0 Å². The standard InChI is InChI=1S/C11H14FN/c1-2-11(5-6-11)9-4-3-7-13-10(9)8-12/h3-4,7H,2,5-6,8H2,1H3. The van der Waals surface area contributed by atoms with Crippen LogP contribution in [0.5, 0.6) is 0 Å². The maximum atomic E-state index is 12.6. The van der Waals surface area contributed by atoms with Gasteiger partial charge in [-0.2, -0.15) is 0 Å². The predicted molar refractivity (Wildman–Crippen MR) is 50.3 cm³/mol. The van der Waals surface area contributed by atoms with Gasteiger partial charge in [-0.3, -0.25) is 4.98 Å². The lowest BCUT2D eigenvalue weighted by molar-refractivity contribution is 0.466. The summed E-state index contributed by atoms with van der Waals surface area (Å²) in [6.07, 6.45) is 5.17. The summed E-state index contributed by atoms with van der Waals surface area (Å²) in [4.78, 5) is 4.08. The maximum Gasteiger partial charge on any atom is 0.132 e. The Morgan fingerprint density at radius 1 is 1.54 bits per heavy atom. The van der Waals surface area contributed by atoms with Crippen LogP contribution in [0.3, 0.4) is 0 Å². The molecule has 0 amide bonds. The summed E-state index contributed by atoms with van der Waals surface area (Å²) in [7, 11) is 0. The van der Waals surface area contributed by atoms with Crippen molar-refractivity contribution in [3.8, 4) is 0 Å². The van der Waals surface area contributed by atoms with Crippen LogP contribution in [0.15, 0.2) is 18.3 Å². The minimum atomic E-state index is -0.433. The number of pyridine rings is 1. The first kappa shape index (κ1) is 8.67. The summed E-state index contributed by atoms with van der Waals surface area (Å²) < 4.78 is 12.6. The Bertz CT molecular complexity index is 305. The Labute approximate surface area is 78.0 Å². The molecule has 0 bridgehead atoms. The highest BCUT2D eigenvalue weighted by Crippen LogP contribution is 2.51. The van der Waals surface area contributed by atoms with E-state index < -0.39 is 6.67 Å². The molecule has 0 spiro atoms. The van der Waals surface area contributed by atoms with Crippen molar-refractivity contribution in [1.29, 1.82) is 0 Å². The summed E-state index contributed by atoms with van der Waals surface area (Å²) in [5.74, 6) is 0. The fourth-order valence-corrected chi connectivity index (χ4v) is 1.99. The third kappa shape index (κ3) is 1.34. The van der Waals surface area contributed by atoms with Crippen LogP contribution in [0.25, 0.3) is 0 Å². The van der Waals surface area contributed by atoms with Gasteiger partial charge in [0.2, 0.25) is 0 Å². The number of halogens is 1. The lowest BCUT2D eigenvalue weighted by Crippen LogP contribution is -2.08. The number of hydrogen-bond acceptors (Lipinski definition) is 1. The van der Waals surface area contributed by atoms with Crippen molar-refractivity contribution < 1.29 is 4.39 Å². The normalized spacial score (nSPS) is 18.6. The molecule has 1 fully saturated rings. The highest BCUT2D eigenvalue weighted by molar-refractivity contribution is 5.34. The second-order valence-electron chi connectivity index (χ2n) is 3.77.